The lowest BCUT2D eigenvalue weighted by atomic mass is 9.50. The smallest absolute Gasteiger partial charge is 0.135 e. The fourth-order valence-corrected chi connectivity index (χ4v) is 7.36. The molecule has 3 rings (SSSR count). The predicted molar refractivity (Wildman–Crippen MR) is 137 cm³/mol. The molecule has 0 heterocycles. The molecule has 0 bridgehead atoms. The Labute approximate surface area is 202 Å². The highest BCUT2D eigenvalue weighted by atomic mass is 16.3. The van der Waals surface area contributed by atoms with Crippen molar-refractivity contribution in [2.45, 2.75) is 99.3 Å². The van der Waals surface area contributed by atoms with E-state index in [-0.39, 0.29) is 35.4 Å². The molecule has 0 amide bonds. The molecule has 0 radical (unpaired) electrons. The van der Waals surface area contributed by atoms with Gasteiger partial charge in [0.05, 0.1) is 13.2 Å². The highest BCUT2D eigenvalue weighted by molar-refractivity contribution is 5.80. The first-order valence-corrected chi connectivity index (χ1v) is 13.4. The van der Waals surface area contributed by atoms with E-state index in [1.165, 1.54) is 12.8 Å². The summed E-state index contributed by atoms with van der Waals surface area (Å²) in [6.45, 7) is 13.8. The van der Waals surface area contributed by atoms with E-state index in [1.54, 1.807) is 11.1 Å². The van der Waals surface area contributed by atoms with E-state index < -0.39 is 0 Å². The Bertz CT molecular complexity index is 812. The summed E-state index contributed by atoms with van der Waals surface area (Å²) in [7, 11) is 0. The van der Waals surface area contributed by atoms with E-state index in [2.05, 4.69) is 39.8 Å². The van der Waals surface area contributed by atoms with Crippen LogP contribution in [-0.4, -0.2) is 29.2 Å². The molecule has 0 aromatic rings. The zero-order chi connectivity index (χ0) is 24.4. The van der Waals surface area contributed by atoms with E-state index in [9.17, 15) is 15.0 Å². The van der Waals surface area contributed by atoms with Crippen LogP contribution in [0.2, 0.25) is 0 Å². The van der Waals surface area contributed by atoms with Crippen LogP contribution in [0.25, 0.3) is 0 Å². The van der Waals surface area contributed by atoms with Gasteiger partial charge in [-0.2, -0.15) is 0 Å². The molecule has 3 heteroatoms. The van der Waals surface area contributed by atoms with Gasteiger partial charge in [0.2, 0.25) is 0 Å². The van der Waals surface area contributed by atoms with Crippen LogP contribution in [0.1, 0.15) is 99.3 Å². The summed E-state index contributed by atoms with van der Waals surface area (Å²) >= 11 is 0. The fraction of sp³-hybridized carbons (Fsp3) is 0.767. The third-order valence-electron chi connectivity index (χ3n) is 10.1. The van der Waals surface area contributed by atoms with Crippen LogP contribution < -0.4 is 0 Å². The molecule has 0 aliphatic heterocycles. The van der Waals surface area contributed by atoms with Crippen molar-refractivity contribution in [3.05, 3.63) is 34.9 Å². The Kier molecular flexibility index (Phi) is 8.16. The Hall–Kier alpha value is -1.19. The largest absolute Gasteiger partial charge is 0.392 e. The van der Waals surface area contributed by atoms with Gasteiger partial charge in [0.25, 0.3) is 0 Å². The fourth-order valence-electron chi connectivity index (χ4n) is 7.36. The third kappa shape index (κ3) is 4.82. The number of hydrogen-bond donors (Lipinski definition) is 2. The number of aliphatic hydroxyl groups excluding tert-OH is 2. The standard InChI is InChI=1S/C30H48O3/c1-21(2)27(33)14-16-28(4)15-8-11-26-25(28)13-18-29(5)24(12-17-30(26,29)6)22(3)9-7-10-23(19-31)20-32/h10-11,13,21-22,24,31-32H,7-9,12,14-20H2,1-6H3. The summed E-state index contributed by atoms with van der Waals surface area (Å²) < 4.78 is 0. The first kappa shape index (κ1) is 26.4. The van der Waals surface area contributed by atoms with E-state index >= 15 is 0 Å². The molecule has 3 nitrogen and oxygen atoms in total. The molecule has 33 heavy (non-hydrogen) atoms. The van der Waals surface area contributed by atoms with E-state index in [0.29, 0.717) is 24.0 Å². The lowest BCUT2D eigenvalue weighted by molar-refractivity contribution is -0.122. The summed E-state index contributed by atoms with van der Waals surface area (Å²) in [6, 6.07) is 0. The number of carbonyl (C=O) groups excluding carboxylic acids is 1. The van der Waals surface area contributed by atoms with Crippen LogP contribution in [0.3, 0.4) is 0 Å². The molecule has 5 unspecified atom stereocenters. The number of Topliss-reactive ketones (excluding diaryl/α,β-unsaturated/α-hetero) is 1. The van der Waals surface area contributed by atoms with Gasteiger partial charge in [0, 0.05) is 12.3 Å². The molecule has 5 atom stereocenters. The van der Waals surface area contributed by atoms with Crippen molar-refractivity contribution in [1.82, 2.24) is 0 Å². The molecular formula is C30H48O3. The second-order valence-corrected chi connectivity index (χ2v) is 12.3. The van der Waals surface area contributed by atoms with Gasteiger partial charge in [-0.3, -0.25) is 4.79 Å². The molecule has 1 fully saturated rings. The summed E-state index contributed by atoms with van der Waals surface area (Å²) in [5, 5.41) is 18.6. The van der Waals surface area contributed by atoms with Gasteiger partial charge in [-0.15, -0.1) is 0 Å². The van der Waals surface area contributed by atoms with Gasteiger partial charge >= 0.3 is 0 Å². The third-order valence-corrected chi connectivity index (χ3v) is 10.1. The molecule has 0 aromatic carbocycles. The molecule has 3 aliphatic carbocycles. The average molecular weight is 457 g/mol. The van der Waals surface area contributed by atoms with Crippen LogP contribution in [0, 0.1) is 34.0 Å². The SMILES string of the molecule is CC(C)C(=O)CCC1(C)CCC=C2C1=CCC1(C)C(C(C)CCC=C(CO)CO)CCC21C. The van der Waals surface area contributed by atoms with E-state index in [0.717, 1.165) is 44.1 Å². The summed E-state index contributed by atoms with van der Waals surface area (Å²) in [5.74, 6) is 1.82. The van der Waals surface area contributed by atoms with Crippen molar-refractivity contribution < 1.29 is 15.0 Å². The Morgan fingerprint density at radius 2 is 1.79 bits per heavy atom. The molecule has 2 N–H and O–H groups in total. The van der Waals surface area contributed by atoms with Gasteiger partial charge in [-0.25, -0.2) is 0 Å². The molecule has 0 spiro atoms. The van der Waals surface area contributed by atoms with Crippen LogP contribution >= 0.6 is 0 Å². The first-order valence-electron chi connectivity index (χ1n) is 13.4. The second kappa shape index (κ2) is 10.2. The van der Waals surface area contributed by atoms with Crippen LogP contribution in [-0.2, 0) is 4.79 Å². The molecule has 186 valence electrons. The quantitative estimate of drug-likeness (QED) is 0.355. The van der Waals surface area contributed by atoms with Crippen molar-refractivity contribution >= 4 is 5.78 Å². The number of carbonyl (C=O) groups is 1. The number of ketones is 1. The van der Waals surface area contributed by atoms with Crippen molar-refractivity contribution in [3.63, 3.8) is 0 Å². The van der Waals surface area contributed by atoms with Gasteiger partial charge < -0.3 is 10.2 Å². The number of rotatable bonds is 10. The first-order chi connectivity index (χ1) is 15.5. The van der Waals surface area contributed by atoms with Crippen molar-refractivity contribution in [1.29, 1.82) is 0 Å². The highest BCUT2D eigenvalue weighted by Gasteiger charge is 2.59. The van der Waals surface area contributed by atoms with Crippen LogP contribution in [0.15, 0.2) is 34.9 Å². The zero-order valence-corrected chi connectivity index (χ0v) is 22.0. The topological polar surface area (TPSA) is 57.5 Å². The second-order valence-electron chi connectivity index (χ2n) is 12.3. The van der Waals surface area contributed by atoms with Crippen molar-refractivity contribution in [3.8, 4) is 0 Å². The zero-order valence-electron chi connectivity index (χ0n) is 22.0. The highest BCUT2D eigenvalue weighted by Crippen LogP contribution is 2.69. The number of aliphatic hydroxyl groups is 2. The summed E-state index contributed by atoms with van der Waals surface area (Å²) in [4.78, 5) is 12.4. The van der Waals surface area contributed by atoms with Crippen molar-refractivity contribution in [2.75, 3.05) is 13.2 Å². The monoisotopic (exact) mass is 456 g/mol. The van der Waals surface area contributed by atoms with Gasteiger partial charge in [-0.1, -0.05) is 59.8 Å². The van der Waals surface area contributed by atoms with Crippen molar-refractivity contribution in [2.24, 2.45) is 34.0 Å². The minimum Gasteiger partial charge on any atom is -0.392 e. The lowest BCUT2D eigenvalue weighted by Gasteiger charge is -2.54. The normalized spacial score (nSPS) is 34.3. The lowest BCUT2D eigenvalue weighted by Crippen LogP contribution is -2.45. The maximum atomic E-state index is 12.4. The van der Waals surface area contributed by atoms with Crippen LogP contribution in [0.4, 0.5) is 0 Å². The predicted octanol–water partition coefficient (Wildman–Crippen LogP) is 6.80. The number of allylic oxidation sites excluding steroid dienone is 5. The van der Waals surface area contributed by atoms with E-state index in [1.807, 2.05) is 19.9 Å². The van der Waals surface area contributed by atoms with E-state index in [4.69, 9.17) is 0 Å². The number of fused-ring (bicyclic) bond motifs is 3. The average Bonchev–Trinajstić information content (AvgIpc) is 3.07. The maximum Gasteiger partial charge on any atom is 0.135 e. The minimum absolute atomic E-state index is 0.0483. The van der Waals surface area contributed by atoms with Crippen LogP contribution in [0.5, 0.6) is 0 Å². The van der Waals surface area contributed by atoms with Gasteiger partial charge in [0.1, 0.15) is 5.78 Å². The summed E-state index contributed by atoms with van der Waals surface area (Å²) in [5.41, 5.74) is 4.47. The molecular weight excluding hydrogens is 408 g/mol. The Balaban J connectivity index is 1.80. The maximum absolute atomic E-state index is 12.4. The Morgan fingerprint density at radius 1 is 1.09 bits per heavy atom. The molecule has 1 saturated carbocycles. The minimum atomic E-state index is -0.0483. The molecule has 0 saturated heterocycles. The summed E-state index contributed by atoms with van der Waals surface area (Å²) in [6.07, 6.45) is 16.8. The number of hydrogen-bond acceptors (Lipinski definition) is 3. The van der Waals surface area contributed by atoms with Gasteiger partial charge in [0.15, 0.2) is 0 Å². The van der Waals surface area contributed by atoms with Gasteiger partial charge in [-0.05, 0) is 96.2 Å². The Morgan fingerprint density at radius 3 is 2.42 bits per heavy atom. The molecule has 3 aliphatic rings. The molecule has 0 aromatic heterocycles.